The van der Waals surface area contributed by atoms with Gasteiger partial charge >= 0.3 is 0 Å². The van der Waals surface area contributed by atoms with Gasteiger partial charge < -0.3 is 15.8 Å². The van der Waals surface area contributed by atoms with Crippen LogP contribution in [-0.4, -0.2) is 20.3 Å². The molecule has 0 spiro atoms. The van der Waals surface area contributed by atoms with Crippen molar-refractivity contribution in [2.24, 2.45) is 5.92 Å². The van der Waals surface area contributed by atoms with Crippen LogP contribution < -0.4 is 11.1 Å². The van der Waals surface area contributed by atoms with Crippen molar-refractivity contribution in [3.05, 3.63) is 29.8 Å². The summed E-state index contributed by atoms with van der Waals surface area (Å²) in [6.07, 6.45) is 2.27. The highest BCUT2D eigenvalue weighted by Gasteiger charge is 2.23. The van der Waals surface area contributed by atoms with E-state index in [-0.39, 0.29) is 0 Å². The van der Waals surface area contributed by atoms with Crippen molar-refractivity contribution in [2.45, 2.75) is 18.9 Å². The third kappa shape index (κ3) is 2.54. The van der Waals surface area contributed by atoms with Gasteiger partial charge in [0, 0.05) is 24.9 Å². The first-order chi connectivity index (χ1) is 7.81. The van der Waals surface area contributed by atoms with Crippen LogP contribution in [0.1, 0.15) is 24.4 Å². The van der Waals surface area contributed by atoms with Gasteiger partial charge in [-0.2, -0.15) is 0 Å². The Balaban J connectivity index is 2.11. The van der Waals surface area contributed by atoms with E-state index >= 15 is 0 Å². The molecule has 3 nitrogen and oxygen atoms in total. The molecule has 2 rings (SSSR count). The lowest BCUT2D eigenvalue weighted by molar-refractivity contribution is 0.0546. The second kappa shape index (κ2) is 5.32. The number of rotatable bonds is 3. The maximum Gasteiger partial charge on any atom is 0.0469 e. The Kier molecular flexibility index (Phi) is 3.80. The second-order valence-corrected chi connectivity index (χ2v) is 4.38. The van der Waals surface area contributed by atoms with Gasteiger partial charge in [0.05, 0.1) is 0 Å². The first-order valence-electron chi connectivity index (χ1n) is 5.91. The minimum Gasteiger partial charge on any atom is -0.399 e. The minimum absolute atomic E-state index is 0.421. The molecular weight excluding hydrogens is 200 g/mol. The molecule has 16 heavy (non-hydrogen) atoms. The van der Waals surface area contributed by atoms with Gasteiger partial charge in [0.2, 0.25) is 0 Å². The quantitative estimate of drug-likeness (QED) is 0.765. The van der Waals surface area contributed by atoms with E-state index in [0.717, 1.165) is 31.7 Å². The maximum atomic E-state index is 5.71. The minimum atomic E-state index is 0.421. The second-order valence-electron chi connectivity index (χ2n) is 4.38. The van der Waals surface area contributed by atoms with E-state index < -0.39 is 0 Å². The molecule has 0 radical (unpaired) electrons. The first-order valence-corrected chi connectivity index (χ1v) is 5.91. The van der Waals surface area contributed by atoms with Gasteiger partial charge in [0.15, 0.2) is 0 Å². The zero-order valence-corrected chi connectivity index (χ0v) is 9.78. The van der Waals surface area contributed by atoms with Crippen LogP contribution in [0.5, 0.6) is 0 Å². The van der Waals surface area contributed by atoms with Gasteiger partial charge in [-0.15, -0.1) is 0 Å². The van der Waals surface area contributed by atoms with E-state index in [1.54, 1.807) is 0 Å². The fraction of sp³-hybridized carbons (Fsp3) is 0.538. The molecule has 1 aromatic carbocycles. The molecule has 3 N–H and O–H groups in total. The number of nitrogens with one attached hydrogen (secondary N) is 1. The van der Waals surface area contributed by atoms with Gasteiger partial charge in [0.25, 0.3) is 0 Å². The number of ether oxygens (including phenoxy) is 1. The van der Waals surface area contributed by atoms with Gasteiger partial charge in [-0.05, 0) is 43.5 Å². The zero-order chi connectivity index (χ0) is 11.4. The third-order valence-electron chi connectivity index (χ3n) is 3.34. The van der Waals surface area contributed by atoms with E-state index in [9.17, 15) is 0 Å². The van der Waals surface area contributed by atoms with Crippen LogP contribution in [0.25, 0.3) is 0 Å². The Bertz CT molecular complexity index is 317. The molecule has 0 bridgehead atoms. The number of hydrogen-bond donors (Lipinski definition) is 2. The number of anilines is 1. The van der Waals surface area contributed by atoms with Crippen molar-refractivity contribution in [1.82, 2.24) is 5.32 Å². The molecule has 3 heteroatoms. The van der Waals surface area contributed by atoms with Crippen molar-refractivity contribution in [3.63, 3.8) is 0 Å². The first kappa shape index (κ1) is 11.4. The molecule has 1 aliphatic heterocycles. The topological polar surface area (TPSA) is 47.3 Å². The summed E-state index contributed by atoms with van der Waals surface area (Å²) < 4.78 is 5.40. The maximum absolute atomic E-state index is 5.71. The molecule has 0 saturated carbocycles. The predicted molar refractivity (Wildman–Crippen MR) is 66.2 cm³/mol. The molecular formula is C13H20N2O. The lowest BCUT2D eigenvalue weighted by Gasteiger charge is -2.30. The summed E-state index contributed by atoms with van der Waals surface area (Å²) >= 11 is 0. The monoisotopic (exact) mass is 220 g/mol. The third-order valence-corrected chi connectivity index (χ3v) is 3.34. The van der Waals surface area contributed by atoms with Crippen molar-refractivity contribution in [3.8, 4) is 0 Å². The Morgan fingerprint density at radius 3 is 2.44 bits per heavy atom. The molecule has 0 aromatic heterocycles. The standard InChI is InChI=1S/C13H20N2O/c1-15-13(11-6-8-16-9-7-11)10-2-4-12(14)5-3-10/h2-5,11,13,15H,6-9,14H2,1H3. The fourth-order valence-electron chi connectivity index (χ4n) is 2.43. The van der Waals surface area contributed by atoms with Crippen LogP contribution >= 0.6 is 0 Å². The van der Waals surface area contributed by atoms with Crippen molar-refractivity contribution in [2.75, 3.05) is 26.0 Å². The Morgan fingerprint density at radius 2 is 1.88 bits per heavy atom. The smallest absolute Gasteiger partial charge is 0.0469 e. The van der Waals surface area contributed by atoms with E-state index in [1.807, 2.05) is 19.2 Å². The molecule has 1 fully saturated rings. The van der Waals surface area contributed by atoms with Gasteiger partial charge in [-0.3, -0.25) is 0 Å². The Hall–Kier alpha value is -1.06. The van der Waals surface area contributed by atoms with Gasteiger partial charge in [0.1, 0.15) is 0 Å². The lowest BCUT2D eigenvalue weighted by Crippen LogP contribution is -2.29. The average Bonchev–Trinajstić information content (AvgIpc) is 2.34. The highest BCUT2D eigenvalue weighted by atomic mass is 16.5. The molecule has 0 amide bonds. The van der Waals surface area contributed by atoms with Crippen molar-refractivity contribution >= 4 is 5.69 Å². The summed E-state index contributed by atoms with van der Waals surface area (Å²) in [5.41, 5.74) is 7.85. The summed E-state index contributed by atoms with van der Waals surface area (Å²) in [6.45, 7) is 1.77. The molecule has 1 aliphatic rings. The number of nitrogens with two attached hydrogens (primary N) is 1. The van der Waals surface area contributed by atoms with Crippen LogP contribution in [-0.2, 0) is 4.74 Å². The predicted octanol–water partition coefficient (Wildman–Crippen LogP) is 1.96. The number of benzene rings is 1. The highest BCUT2D eigenvalue weighted by molar-refractivity contribution is 5.40. The van der Waals surface area contributed by atoms with E-state index in [2.05, 4.69) is 17.4 Å². The largest absolute Gasteiger partial charge is 0.399 e. The van der Waals surface area contributed by atoms with Gasteiger partial charge in [-0.25, -0.2) is 0 Å². The Labute approximate surface area is 97.0 Å². The van der Waals surface area contributed by atoms with Crippen LogP contribution in [0.15, 0.2) is 24.3 Å². The highest BCUT2D eigenvalue weighted by Crippen LogP contribution is 2.29. The van der Waals surface area contributed by atoms with Crippen LogP contribution in [0.2, 0.25) is 0 Å². The summed E-state index contributed by atoms with van der Waals surface area (Å²) in [5.74, 6) is 0.669. The summed E-state index contributed by atoms with van der Waals surface area (Å²) in [5, 5.41) is 3.41. The SMILES string of the molecule is CNC(c1ccc(N)cc1)C1CCOCC1. The molecule has 1 heterocycles. The van der Waals surface area contributed by atoms with Crippen molar-refractivity contribution < 1.29 is 4.74 Å². The zero-order valence-electron chi connectivity index (χ0n) is 9.78. The molecule has 0 aliphatic carbocycles. The molecule has 1 unspecified atom stereocenters. The van der Waals surface area contributed by atoms with E-state index in [4.69, 9.17) is 10.5 Å². The van der Waals surface area contributed by atoms with Crippen LogP contribution in [0, 0.1) is 5.92 Å². The fourth-order valence-corrected chi connectivity index (χ4v) is 2.43. The summed E-state index contributed by atoms with van der Waals surface area (Å²) in [6, 6.07) is 8.60. The van der Waals surface area contributed by atoms with Gasteiger partial charge in [-0.1, -0.05) is 12.1 Å². The van der Waals surface area contributed by atoms with E-state index in [0.29, 0.717) is 12.0 Å². The lowest BCUT2D eigenvalue weighted by atomic mass is 9.87. The van der Waals surface area contributed by atoms with Crippen molar-refractivity contribution in [1.29, 1.82) is 0 Å². The van der Waals surface area contributed by atoms with E-state index in [1.165, 1.54) is 5.56 Å². The average molecular weight is 220 g/mol. The molecule has 1 atom stereocenters. The molecule has 1 aromatic rings. The number of hydrogen-bond acceptors (Lipinski definition) is 3. The Morgan fingerprint density at radius 1 is 1.25 bits per heavy atom. The van der Waals surface area contributed by atoms with Crippen LogP contribution in [0.3, 0.4) is 0 Å². The van der Waals surface area contributed by atoms with Crippen LogP contribution in [0.4, 0.5) is 5.69 Å². The summed E-state index contributed by atoms with van der Waals surface area (Å²) in [7, 11) is 2.02. The molecule has 1 saturated heterocycles. The molecule has 88 valence electrons. The number of nitrogen functional groups attached to an aromatic ring is 1. The summed E-state index contributed by atoms with van der Waals surface area (Å²) in [4.78, 5) is 0. The normalized spacial score (nSPS) is 19.6.